The lowest BCUT2D eigenvalue weighted by Crippen LogP contribution is -2.58. The van der Waals surface area contributed by atoms with Crippen LogP contribution in [0.1, 0.15) is 37.7 Å². The fraction of sp³-hybridized carbons (Fsp3) is 0.429. The Morgan fingerprint density at radius 2 is 1.97 bits per heavy atom. The van der Waals surface area contributed by atoms with Crippen LogP contribution >= 0.6 is 0 Å². The first kappa shape index (κ1) is 18.4. The van der Waals surface area contributed by atoms with E-state index in [1.54, 1.807) is 18.3 Å². The predicted octanol–water partition coefficient (Wildman–Crippen LogP) is 4.73. The van der Waals surface area contributed by atoms with Gasteiger partial charge in [0.1, 0.15) is 5.56 Å². The highest BCUT2D eigenvalue weighted by molar-refractivity contribution is 5.95. The zero-order valence-electron chi connectivity index (χ0n) is 15.8. The molecule has 8 heteroatoms. The molecule has 0 unspecified atom stereocenters. The minimum atomic E-state index is -4.53. The second-order valence-corrected chi connectivity index (χ2v) is 8.10. The number of H-pyrrole nitrogens is 1. The number of piperidine rings is 1. The Morgan fingerprint density at radius 3 is 2.66 bits per heavy atom. The molecule has 1 aliphatic carbocycles. The zero-order chi connectivity index (χ0) is 20.1. The van der Waals surface area contributed by atoms with Crippen LogP contribution in [0, 0.1) is 0 Å². The van der Waals surface area contributed by atoms with Crippen LogP contribution in [0.5, 0.6) is 0 Å². The van der Waals surface area contributed by atoms with Crippen molar-refractivity contribution in [2.75, 3.05) is 11.9 Å². The molecule has 1 aliphatic heterocycles. The van der Waals surface area contributed by atoms with Crippen molar-refractivity contribution in [2.45, 2.75) is 49.9 Å². The molecule has 1 saturated heterocycles. The first-order valence-electron chi connectivity index (χ1n) is 9.96. The topological polar surface area (TPSA) is 65.6 Å². The van der Waals surface area contributed by atoms with Gasteiger partial charge in [0.25, 0.3) is 0 Å². The van der Waals surface area contributed by atoms with E-state index in [1.165, 1.54) is 19.3 Å². The van der Waals surface area contributed by atoms with Gasteiger partial charge in [-0.3, -0.25) is 0 Å². The normalized spacial score (nSPS) is 21.3. The largest absolute Gasteiger partial charge is 0.419 e. The molecule has 152 valence electrons. The lowest BCUT2D eigenvalue weighted by atomic mass is 9.71. The number of aromatic nitrogens is 3. The van der Waals surface area contributed by atoms with Gasteiger partial charge in [0.05, 0.1) is 5.69 Å². The van der Waals surface area contributed by atoms with Crippen molar-refractivity contribution in [3.05, 3.63) is 42.2 Å². The van der Waals surface area contributed by atoms with Gasteiger partial charge in [-0.2, -0.15) is 13.2 Å². The monoisotopic (exact) mass is 401 g/mol. The van der Waals surface area contributed by atoms with Crippen LogP contribution in [0.15, 0.2) is 36.7 Å². The van der Waals surface area contributed by atoms with Crippen LogP contribution in [0.2, 0.25) is 0 Å². The summed E-state index contributed by atoms with van der Waals surface area (Å²) in [5.74, 6) is 0.231. The number of nitrogens with zero attached hydrogens (tertiary/aromatic N) is 2. The lowest BCUT2D eigenvalue weighted by molar-refractivity contribution is -0.137. The Labute approximate surface area is 166 Å². The Bertz CT molecular complexity index is 1030. The summed E-state index contributed by atoms with van der Waals surface area (Å²) in [5, 5.41) is 7.54. The Morgan fingerprint density at radius 1 is 1.14 bits per heavy atom. The molecule has 0 bridgehead atoms. The van der Waals surface area contributed by atoms with Gasteiger partial charge in [0.2, 0.25) is 5.95 Å². The summed E-state index contributed by atoms with van der Waals surface area (Å²) < 4.78 is 40.9. The molecular weight excluding hydrogens is 379 g/mol. The lowest BCUT2D eigenvalue weighted by Gasteiger charge is -2.47. The number of alkyl halides is 3. The van der Waals surface area contributed by atoms with Gasteiger partial charge in [-0.05, 0) is 38.2 Å². The second kappa shape index (κ2) is 6.73. The van der Waals surface area contributed by atoms with E-state index in [9.17, 15) is 13.2 Å². The van der Waals surface area contributed by atoms with E-state index < -0.39 is 11.7 Å². The fourth-order valence-electron chi connectivity index (χ4n) is 4.45. The Balaban J connectivity index is 1.46. The highest BCUT2D eigenvalue weighted by Crippen LogP contribution is 2.40. The van der Waals surface area contributed by atoms with Crippen molar-refractivity contribution in [1.82, 2.24) is 20.3 Å². The predicted molar refractivity (Wildman–Crippen MR) is 106 cm³/mol. The third-order valence-corrected chi connectivity index (χ3v) is 6.28. The highest BCUT2D eigenvalue weighted by Gasteiger charge is 2.40. The molecule has 2 aliphatic rings. The number of nitrogens with one attached hydrogen (secondary N) is 3. The number of anilines is 1. The van der Waals surface area contributed by atoms with Gasteiger partial charge >= 0.3 is 6.18 Å². The number of hydrogen-bond acceptors (Lipinski definition) is 4. The van der Waals surface area contributed by atoms with Crippen molar-refractivity contribution >= 4 is 16.9 Å². The molecule has 3 aromatic rings. The van der Waals surface area contributed by atoms with Crippen LogP contribution in [0.25, 0.3) is 22.2 Å². The van der Waals surface area contributed by atoms with Crippen LogP contribution < -0.4 is 10.6 Å². The van der Waals surface area contributed by atoms with Crippen LogP contribution in [-0.2, 0) is 6.18 Å². The maximum Gasteiger partial charge on any atom is 0.419 e. The summed E-state index contributed by atoms with van der Waals surface area (Å²) in [7, 11) is 0. The van der Waals surface area contributed by atoms with Gasteiger partial charge in [-0.1, -0.05) is 18.2 Å². The van der Waals surface area contributed by atoms with E-state index in [0.29, 0.717) is 10.9 Å². The van der Waals surface area contributed by atoms with E-state index in [2.05, 4.69) is 25.6 Å². The summed E-state index contributed by atoms with van der Waals surface area (Å²) in [6.45, 7) is 0.771. The molecule has 1 aromatic carbocycles. The fourth-order valence-corrected chi connectivity index (χ4v) is 4.45. The third kappa shape index (κ3) is 3.35. The molecule has 5 rings (SSSR count). The molecule has 3 N–H and O–H groups in total. The molecule has 2 aromatic heterocycles. The maximum absolute atomic E-state index is 13.6. The van der Waals surface area contributed by atoms with Gasteiger partial charge in [-0.15, -0.1) is 0 Å². The average Bonchev–Trinajstić information content (AvgIpc) is 3.10. The number of rotatable bonds is 3. The van der Waals surface area contributed by atoms with Crippen molar-refractivity contribution in [2.24, 2.45) is 0 Å². The number of benzene rings is 1. The Kier molecular flexibility index (Phi) is 4.27. The molecule has 1 spiro atoms. The summed E-state index contributed by atoms with van der Waals surface area (Å²) in [6, 6.07) is 7.37. The smallest absolute Gasteiger partial charge is 0.360 e. The minimum Gasteiger partial charge on any atom is -0.360 e. The van der Waals surface area contributed by atoms with Crippen molar-refractivity contribution in [1.29, 1.82) is 0 Å². The Hall–Kier alpha value is -2.61. The van der Waals surface area contributed by atoms with Gasteiger partial charge < -0.3 is 15.6 Å². The molecule has 29 heavy (non-hydrogen) atoms. The summed E-state index contributed by atoms with van der Waals surface area (Å²) in [5.41, 5.74) is 0.545. The number of hydrogen-bond donors (Lipinski definition) is 3. The minimum absolute atomic E-state index is 0.105. The molecule has 0 amide bonds. The molecule has 1 saturated carbocycles. The van der Waals surface area contributed by atoms with E-state index in [1.807, 2.05) is 12.1 Å². The van der Waals surface area contributed by atoms with Crippen molar-refractivity contribution < 1.29 is 13.2 Å². The average molecular weight is 401 g/mol. The van der Waals surface area contributed by atoms with Gasteiger partial charge in [0.15, 0.2) is 0 Å². The summed E-state index contributed by atoms with van der Waals surface area (Å²) in [4.78, 5) is 11.3. The van der Waals surface area contributed by atoms with Gasteiger partial charge in [0, 0.05) is 47.0 Å². The summed E-state index contributed by atoms with van der Waals surface area (Å²) in [6.07, 6.45) is 3.64. The molecule has 2 fully saturated rings. The molecular formula is C21H22F3N5. The first-order valence-corrected chi connectivity index (χ1v) is 9.96. The van der Waals surface area contributed by atoms with Crippen LogP contribution in [0.4, 0.5) is 19.1 Å². The zero-order valence-corrected chi connectivity index (χ0v) is 15.8. The quantitative estimate of drug-likeness (QED) is 0.594. The number of aromatic amines is 1. The molecule has 0 radical (unpaired) electrons. The molecule has 1 atom stereocenters. The standard InChI is InChI=1S/C21H22F3N5/c22-21(23,24)16-12-26-19(28-13-6-9-20(27-10-13)7-3-8-20)29-18(16)15-11-25-17-5-2-1-4-14(15)17/h1-2,4-5,11-13,25,27H,3,6-10H2,(H,26,28,29)/t13-/m0/s1. The van der Waals surface area contributed by atoms with E-state index in [0.717, 1.165) is 31.1 Å². The SMILES string of the molecule is FC(F)(F)c1cnc(N[C@H]2CCC3(CCC3)NC2)nc1-c1c[nH]c2ccccc12. The first-order chi connectivity index (χ1) is 13.9. The number of para-hydroxylation sites is 1. The number of fused-ring (bicyclic) bond motifs is 1. The van der Waals surface area contributed by atoms with Crippen LogP contribution in [0.3, 0.4) is 0 Å². The maximum atomic E-state index is 13.6. The van der Waals surface area contributed by atoms with Crippen molar-refractivity contribution in [3.63, 3.8) is 0 Å². The van der Waals surface area contributed by atoms with Crippen molar-refractivity contribution in [3.8, 4) is 11.3 Å². The van der Waals surface area contributed by atoms with E-state index >= 15 is 0 Å². The molecule has 3 heterocycles. The van der Waals surface area contributed by atoms with Crippen LogP contribution in [-0.4, -0.2) is 33.1 Å². The van der Waals surface area contributed by atoms with Gasteiger partial charge in [-0.25, -0.2) is 9.97 Å². The van der Waals surface area contributed by atoms with E-state index in [-0.39, 0.29) is 23.2 Å². The number of halogens is 3. The molecule has 5 nitrogen and oxygen atoms in total. The highest BCUT2D eigenvalue weighted by atomic mass is 19.4. The third-order valence-electron chi connectivity index (χ3n) is 6.28. The second-order valence-electron chi connectivity index (χ2n) is 8.10. The summed E-state index contributed by atoms with van der Waals surface area (Å²) >= 11 is 0. The van der Waals surface area contributed by atoms with E-state index in [4.69, 9.17) is 0 Å².